The Morgan fingerprint density at radius 3 is 2.83 bits per heavy atom. The molecule has 0 aliphatic carbocycles. The molecule has 0 radical (unpaired) electrons. The number of nitrogens with zero attached hydrogens (tertiary/aromatic N) is 1. The van der Waals surface area contributed by atoms with Crippen LogP contribution in [0.1, 0.15) is 6.92 Å². The fourth-order valence-electron chi connectivity index (χ4n) is 1.59. The van der Waals surface area contributed by atoms with Crippen LogP contribution in [-0.4, -0.2) is 44.1 Å². The molecule has 5 heteroatoms. The zero-order valence-electron chi connectivity index (χ0n) is 11.0. The number of rotatable bonds is 7. The molecule has 3 N–H and O–H groups in total. The van der Waals surface area contributed by atoms with E-state index in [9.17, 15) is 4.79 Å². The number of ether oxygens (including phenoxy) is 1. The molecule has 0 bridgehead atoms. The van der Waals surface area contributed by atoms with Gasteiger partial charge in [0.25, 0.3) is 0 Å². The van der Waals surface area contributed by atoms with Crippen molar-refractivity contribution in [3.63, 3.8) is 0 Å². The van der Waals surface area contributed by atoms with Gasteiger partial charge in [-0.15, -0.1) is 0 Å². The molecule has 0 spiro atoms. The van der Waals surface area contributed by atoms with E-state index >= 15 is 0 Å². The van der Waals surface area contributed by atoms with Crippen molar-refractivity contribution in [2.45, 2.75) is 6.92 Å². The van der Waals surface area contributed by atoms with Crippen molar-refractivity contribution >= 4 is 11.6 Å². The molecule has 1 aromatic carbocycles. The number of benzene rings is 1. The number of anilines is 1. The highest BCUT2D eigenvalue weighted by Gasteiger charge is 2.09. The molecule has 0 heterocycles. The van der Waals surface area contributed by atoms with Gasteiger partial charge in [-0.3, -0.25) is 9.69 Å². The SMILES string of the molecule is CCOc1ccccc1NC(=O)CN(C)CCN. The Kier molecular flexibility index (Phi) is 6.18. The van der Waals surface area contributed by atoms with E-state index < -0.39 is 0 Å². The first-order chi connectivity index (χ1) is 8.67. The number of carbonyl (C=O) groups is 1. The van der Waals surface area contributed by atoms with Gasteiger partial charge in [-0.2, -0.15) is 0 Å². The van der Waals surface area contributed by atoms with Gasteiger partial charge in [0.2, 0.25) is 5.91 Å². The zero-order valence-corrected chi connectivity index (χ0v) is 11.0. The van der Waals surface area contributed by atoms with Crippen LogP contribution in [0.15, 0.2) is 24.3 Å². The molecule has 0 atom stereocenters. The van der Waals surface area contributed by atoms with Crippen molar-refractivity contribution < 1.29 is 9.53 Å². The molecule has 0 unspecified atom stereocenters. The van der Waals surface area contributed by atoms with E-state index in [0.29, 0.717) is 37.7 Å². The third-order valence-corrected chi connectivity index (χ3v) is 2.39. The van der Waals surface area contributed by atoms with Gasteiger partial charge in [0.05, 0.1) is 18.8 Å². The van der Waals surface area contributed by atoms with E-state index in [4.69, 9.17) is 10.5 Å². The van der Waals surface area contributed by atoms with Crippen LogP contribution in [0.4, 0.5) is 5.69 Å². The average Bonchev–Trinajstić information content (AvgIpc) is 2.32. The molecule has 0 saturated heterocycles. The van der Waals surface area contributed by atoms with Crippen LogP contribution in [0.5, 0.6) is 5.75 Å². The number of nitrogens with two attached hydrogens (primary N) is 1. The maximum atomic E-state index is 11.8. The van der Waals surface area contributed by atoms with Crippen molar-refractivity contribution in [2.75, 3.05) is 38.6 Å². The normalized spacial score (nSPS) is 10.4. The molecule has 18 heavy (non-hydrogen) atoms. The van der Waals surface area contributed by atoms with Gasteiger partial charge in [0.1, 0.15) is 5.75 Å². The van der Waals surface area contributed by atoms with Crippen molar-refractivity contribution in [3.8, 4) is 5.75 Å². The highest BCUT2D eigenvalue weighted by molar-refractivity contribution is 5.93. The molecule has 0 aliphatic rings. The van der Waals surface area contributed by atoms with Gasteiger partial charge in [0.15, 0.2) is 0 Å². The number of amides is 1. The molecule has 100 valence electrons. The number of para-hydroxylation sites is 2. The van der Waals surface area contributed by atoms with Crippen LogP contribution in [0.25, 0.3) is 0 Å². The summed E-state index contributed by atoms with van der Waals surface area (Å²) < 4.78 is 5.44. The van der Waals surface area contributed by atoms with Gasteiger partial charge < -0.3 is 15.8 Å². The Hall–Kier alpha value is -1.59. The van der Waals surface area contributed by atoms with Crippen LogP contribution < -0.4 is 15.8 Å². The van der Waals surface area contributed by atoms with Crippen molar-refractivity contribution in [1.82, 2.24) is 4.90 Å². The van der Waals surface area contributed by atoms with Gasteiger partial charge in [0, 0.05) is 13.1 Å². The van der Waals surface area contributed by atoms with Crippen LogP contribution in [0, 0.1) is 0 Å². The fourth-order valence-corrected chi connectivity index (χ4v) is 1.59. The summed E-state index contributed by atoms with van der Waals surface area (Å²) in [4.78, 5) is 13.7. The van der Waals surface area contributed by atoms with Crippen molar-refractivity contribution in [2.24, 2.45) is 5.73 Å². The van der Waals surface area contributed by atoms with E-state index in [1.165, 1.54) is 0 Å². The van der Waals surface area contributed by atoms with Crippen LogP contribution >= 0.6 is 0 Å². The minimum atomic E-state index is -0.0712. The summed E-state index contributed by atoms with van der Waals surface area (Å²) >= 11 is 0. The van der Waals surface area contributed by atoms with Gasteiger partial charge >= 0.3 is 0 Å². The maximum Gasteiger partial charge on any atom is 0.238 e. The summed E-state index contributed by atoms with van der Waals surface area (Å²) in [6.45, 7) is 4.03. The monoisotopic (exact) mass is 251 g/mol. The molecular weight excluding hydrogens is 230 g/mol. The lowest BCUT2D eigenvalue weighted by molar-refractivity contribution is -0.117. The van der Waals surface area contributed by atoms with Gasteiger partial charge in [-0.25, -0.2) is 0 Å². The van der Waals surface area contributed by atoms with Crippen LogP contribution in [-0.2, 0) is 4.79 Å². The molecule has 0 aliphatic heterocycles. The minimum absolute atomic E-state index is 0.0712. The second-order valence-electron chi connectivity index (χ2n) is 4.00. The maximum absolute atomic E-state index is 11.8. The van der Waals surface area contributed by atoms with Crippen molar-refractivity contribution in [1.29, 1.82) is 0 Å². The van der Waals surface area contributed by atoms with Gasteiger partial charge in [-0.1, -0.05) is 12.1 Å². The third kappa shape index (κ3) is 4.73. The first kappa shape index (κ1) is 14.5. The summed E-state index contributed by atoms with van der Waals surface area (Å²) in [6, 6.07) is 7.40. The quantitative estimate of drug-likeness (QED) is 0.756. The molecule has 1 rings (SSSR count). The summed E-state index contributed by atoms with van der Waals surface area (Å²) in [7, 11) is 1.86. The highest BCUT2D eigenvalue weighted by atomic mass is 16.5. The van der Waals surface area contributed by atoms with Gasteiger partial charge in [-0.05, 0) is 26.1 Å². The second kappa shape index (κ2) is 7.68. The lowest BCUT2D eigenvalue weighted by Gasteiger charge is -2.16. The molecule has 1 aromatic rings. The first-order valence-corrected chi connectivity index (χ1v) is 6.07. The average molecular weight is 251 g/mol. The Balaban J connectivity index is 2.58. The lowest BCUT2D eigenvalue weighted by atomic mass is 10.3. The lowest BCUT2D eigenvalue weighted by Crippen LogP contribution is -2.33. The molecular formula is C13H21N3O2. The molecule has 5 nitrogen and oxygen atoms in total. The van der Waals surface area contributed by atoms with E-state index in [1.807, 2.05) is 43.1 Å². The van der Waals surface area contributed by atoms with E-state index in [1.54, 1.807) is 0 Å². The molecule has 1 amide bonds. The predicted octanol–water partition coefficient (Wildman–Crippen LogP) is 0.914. The number of hydrogen-bond acceptors (Lipinski definition) is 4. The summed E-state index contributed by atoms with van der Waals surface area (Å²) in [5.74, 6) is 0.618. The third-order valence-electron chi connectivity index (χ3n) is 2.39. The molecule has 0 fully saturated rings. The highest BCUT2D eigenvalue weighted by Crippen LogP contribution is 2.23. The Labute approximate surface area is 108 Å². The number of nitrogens with one attached hydrogen (secondary N) is 1. The first-order valence-electron chi connectivity index (χ1n) is 6.07. The van der Waals surface area contributed by atoms with E-state index in [-0.39, 0.29) is 5.91 Å². The number of likely N-dealkylation sites (N-methyl/N-ethyl adjacent to an activating group) is 1. The number of hydrogen-bond donors (Lipinski definition) is 2. The zero-order chi connectivity index (χ0) is 13.4. The Morgan fingerprint density at radius 1 is 1.44 bits per heavy atom. The van der Waals surface area contributed by atoms with Crippen molar-refractivity contribution in [3.05, 3.63) is 24.3 Å². The molecule has 0 aromatic heterocycles. The smallest absolute Gasteiger partial charge is 0.238 e. The predicted molar refractivity (Wildman–Crippen MR) is 72.8 cm³/mol. The largest absolute Gasteiger partial charge is 0.492 e. The second-order valence-corrected chi connectivity index (χ2v) is 4.00. The standard InChI is InChI=1S/C13H21N3O2/c1-3-18-12-7-5-4-6-11(12)15-13(17)10-16(2)9-8-14/h4-7H,3,8-10,14H2,1-2H3,(H,15,17). The fraction of sp³-hybridized carbons (Fsp3) is 0.462. The molecule has 0 saturated carbocycles. The van der Waals surface area contributed by atoms with E-state index in [0.717, 1.165) is 0 Å². The minimum Gasteiger partial charge on any atom is -0.492 e. The number of carbonyl (C=O) groups excluding carboxylic acids is 1. The summed E-state index contributed by atoms with van der Waals surface area (Å²) in [5.41, 5.74) is 6.13. The topological polar surface area (TPSA) is 67.6 Å². The summed E-state index contributed by atoms with van der Waals surface area (Å²) in [6.07, 6.45) is 0. The van der Waals surface area contributed by atoms with E-state index in [2.05, 4.69) is 5.32 Å². The summed E-state index contributed by atoms with van der Waals surface area (Å²) in [5, 5.41) is 2.84. The Bertz CT molecular complexity index is 382. The van der Waals surface area contributed by atoms with Crippen LogP contribution in [0.2, 0.25) is 0 Å². The Morgan fingerprint density at radius 2 is 2.17 bits per heavy atom. The van der Waals surface area contributed by atoms with Crippen LogP contribution in [0.3, 0.4) is 0 Å².